The molecule has 0 radical (unpaired) electrons. The van der Waals surface area contributed by atoms with E-state index in [0.29, 0.717) is 6.04 Å². The highest BCUT2D eigenvalue weighted by atomic mass is 19.1. The van der Waals surface area contributed by atoms with Crippen LogP contribution in [0.2, 0.25) is 0 Å². The molecule has 1 heterocycles. The lowest BCUT2D eigenvalue weighted by Gasteiger charge is -2.34. The minimum atomic E-state index is -0.229. The Kier molecular flexibility index (Phi) is 7.35. The summed E-state index contributed by atoms with van der Waals surface area (Å²) in [4.78, 5) is 2.50. The molecule has 150 valence electrons. The van der Waals surface area contributed by atoms with Crippen LogP contribution in [0.4, 0.5) is 8.78 Å². The van der Waals surface area contributed by atoms with Crippen molar-refractivity contribution in [1.82, 2.24) is 10.2 Å². The number of rotatable bonds is 8. The van der Waals surface area contributed by atoms with Crippen molar-refractivity contribution >= 4 is 0 Å². The summed E-state index contributed by atoms with van der Waals surface area (Å²) in [5.74, 6) is -0.299. The van der Waals surface area contributed by atoms with Gasteiger partial charge in [-0.05, 0) is 61.7 Å². The number of nitrogens with one attached hydrogen (secondary N) is 1. The fourth-order valence-corrected chi connectivity index (χ4v) is 3.94. The zero-order valence-corrected chi connectivity index (χ0v) is 16.6. The molecule has 4 heteroatoms. The summed E-state index contributed by atoms with van der Waals surface area (Å²) in [6, 6.07) is 13.8. The highest BCUT2D eigenvalue weighted by molar-refractivity contribution is 5.32. The SMILES string of the molecule is C=C(C)C1CN(CCCCC(c2ccc(F)cc2)c2ccc(F)cc2)CCN1. The van der Waals surface area contributed by atoms with Crippen molar-refractivity contribution in [2.45, 2.75) is 38.1 Å². The van der Waals surface area contributed by atoms with Crippen molar-refractivity contribution in [3.63, 3.8) is 0 Å². The lowest BCUT2D eigenvalue weighted by molar-refractivity contribution is 0.209. The maximum Gasteiger partial charge on any atom is 0.123 e. The van der Waals surface area contributed by atoms with Crippen molar-refractivity contribution in [3.8, 4) is 0 Å². The molecule has 1 aliphatic heterocycles. The summed E-state index contributed by atoms with van der Waals surface area (Å²) in [7, 11) is 0. The molecule has 0 saturated carbocycles. The van der Waals surface area contributed by atoms with Crippen LogP contribution in [0.15, 0.2) is 60.7 Å². The summed E-state index contributed by atoms with van der Waals surface area (Å²) in [5.41, 5.74) is 3.35. The molecule has 0 aliphatic carbocycles. The third-order valence-corrected chi connectivity index (χ3v) is 5.62. The highest BCUT2D eigenvalue weighted by Crippen LogP contribution is 2.30. The Bertz CT molecular complexity index is 710. The molecule has 3 rings (SSSR count). The molecule has 2 nitrogen and oxygen atoms in total. The number of halogens is 2. The van der Waals surface area contributed by atoms with Crippen LogP contribution in [0.1, 0.15) is 43.2 Å². The van der Waals surface area contributed by atoms with E-state index in [9.17, 15) is 8.78 Å². The number of nitrogens with zero attached hydrogens (tertiary/aromatic N) is 1. The van der Waals surface area contributed by atoms with Crippen LogP contribution < -0.4 is 5.32 Å². The molecule has 1 aliphatic rings. The summed E-state index contributed by atoms with van der Waals surface area (Å²) >= 11 is 0. The van der Waals surface area contributed by atoms with Gasteiger partial charge >= 0.3 is 0 Å². The molecule has 1 unspecified atom stereocenters. The molecular formula is C24H30F2N2. The first-order valence-corrected chi connectivity index (χ1v) is 10.1. The zero-order chi connectivity index (χ0) is 19.9. The van der Waals surface area contributed by atoms with E-state index in [1.165, 1.54) is 29.8 Å². The van der Waals surface area contributed by atoms with Crippen LogP contribution in [0.3, 0.4) is 0 Å². The summed E-state index contributed by atoms with van der Waals surface area (Å²) in [6.07, 6.45) is 3.15. The average Bonchev–Trinajstić information content (AvgIpc) is 2.70. The first-order valence-electron chi connectivity index (χ1n) is 10.1. The van der Waals surface area contributed by atoms with E-state index in [1.54, 1.807) is 0 Å². The van der Waals surface area contributed by atoms with Gasteiger partial charge in [-0.25, -0.2) is 8.78 Å². The Morgan fingerprint density at radius 3 is 2.14 bits per heavy atom. The second kappa shape index (κ2) is 9.94. The predicted molar refractivity (Wildman–Crippen MR) is 112 cm³/mol. The van der Waals surface area contributed by atoms with Crippen molar-refractivity contribution < 1.29 is 8.78 Å². The highest BCUT2D eigenvalue weighted by Gasteiger charge is 2.19. The Morgan fingerprint density at radius 2 is 1.61 bits per heavy atom. The van der Waals surface area contributed by atoms with Crippen molar-refractivity contribution in [3.05, 3.63) is 83.4 Å². The molecule has 1 N–H and O–H groups in total. The lowest BCUT2D eigenvalue weighted by Crippen LogP contribution is -2.51. The van der Waals surface area contributed by atoms with Gasteiger partial charge in [-0.15, -0.1) is 0 Å². The van der Waals surface area contributed by atoms with Gasteiger partial charge in [0.1, 0.15) is 11.6 Å². The van der Waals surface area contributed by atoms with Gasteiger partial charge in [-0.3, -0.25) is 0 Å². The number of hydrogen-bond donors (Lipinski definition) is 1. The molecule has 0 aromatic heterocycles. The fraction of sp³-hybridized carbons (Fsp3) is 0.417. The Balaban J connectivity index is 1.58. The third-order valence-electron chi connectivity index (χ3n) is 5.62. The number of piperazine rings is 1. The Labute approximate surface area is 167 Å². The van der Waals surface area contributed by atoms with Crippen LogP contribution in [0, 0.1) is 11.6 Å². The summed E-state index contributed by atoms with van der Waals surface area (Å²) < 4.78 is 26.7. The van der Waals surface area contributed by atoms with E-state index in [4.69, 9.17) is 0 Å². The van der Waals surface area contributed by atoms with E-state index >= 15 is 0 Å². The smallest absolute Gasteiger partial charge is 0.123 e. The van der Waals surface area contributed by atoms with Crippen LogP contribution in [0.25, 0.3) is 0 Å². The van der Waals surface area contributed by atoms with Gasteiger partial charge in [-0.1, -0.05) is 42.8 Å². The second-order valence-corrected chi connectivity index (χ2v) is 7.81. The summed E-state index contributed by atoms with van der Waals surface area (Å²) in [6.45, 7) is 10.3. The van der Waals surface area contributed by atoms with E-state index in [-0.39, 0.29) is 17.6 Å². The van der Waals surface area contributed by atoms with Crippen molar-refractivity contribution in [2.24, 2.45) is 0 Å². The third kappa shape index (κ3) is 5.73. The molecule has 2 aromatic rings. The monoisotopic (exact) mass is 384 g/mol. The van der Waals surface area contributed by atoms with Gasteiger partial charge in [-0.2, -0.15) is 0 Å². The van der Waals surface area contributed by atoms with Crippen LogP contribution >= 0.6 is 0 Å². The fourth-order valence-electron chi connectivity index (χ4n) is 3.94. The molecular weight excluding hydrogens is 354 g/mol. The summed E-state index contributed by atoms with van der Waals surface area (Å²) in [5, 5.41) is 3.51. The van der Waals surface area contributed by atoms with E-state index in [2.05, 4.69) is 23.7 Å². The average molecular weight is 385 g/mol. The van der Waals surface area contributed by atoms with Gasteiger partial charge in [0.2, 0.25) is 0 Å². The minimum Gasteiger partial charge on any atom is -0.308 e. The number of unbranched alkanes of at least 4 members (excludes halogenated alkanes) is 1. The van der Waals surface area contributed by atoms with Gasteiger partial charge in [0.25, 0.3) is 0 Å². The molecule has 0 bridgehead atoms. The first kappa shape index (κ1) is 20.7. The number of hydrogen-bond acceptors (Lipinski definition) is 2. The van der Waals surface area contributed by atoms with Crippen LogP contribution in [-0.4, -0.2) is 37.1 Å². The van der Waals surface area contributed by atoms with Crippen molar-refractivity contribution in [2.75, 3.05) is 26.2 Å². The predicted octanol–water partition coefficient (Wildman–Crippen LogP) is 5.12. The molecule has 1 saturated heterocycles. The molecule has 1 fully saturated rings. The van der Waals surface area contributed by atoms with E-state index in [1.807, 2.05) is 24.3 Å². The largest absolute Gasteiger partial charge is 0.308 e. The molecule has 28 heavy (non-hydrogen) atoms. The molecule has 2 aromatic carbocycles. The van der Waals surface area contributed by atoms with Gasteiger partial charge in [0.15, 0.2) is 0 Å². The second-order valence-electron chi connectivity index (χ2n) is 7.81. The van der Waals surface area contributed by atoms with Crippen LogP contribution in [-0.2, 0) is 0 Å². The van der Waals surface area contributed by atoms with Gasteiger partial charge in [0.05, 0.1) is 0 Å². The topological polar surface area (TPSA) is 15.3 Å². The normalized spacial score (nSPS) is 17.8. The quantitative estimate of drug-likeness (QED) is 0.502. The first-order chi connectivity index (χ1) is 13.5. The van der Waals surface area contributed by atoms with Crippen molar-refractivity contribution in [1.29, 1.82) is 0 Å². The van der Waals surface area contributed by atoms with Gasteiger partial charge in [0, 0.05) is 31.6 Å². The van der Waals surface area contributed by atoms with Crippen LogP contribution in [0.5, 0.6) is 0 Å². The Hall–Kier alpha value is -2.04. The minimum absolute atomic E-state index is 0.160. The standard InChI is InChI=1S/C24H30F2N2/c1-18(2)24-17-28(16-14-27-24)15-4-3-5-23(19-6-10-21(25)11-7-19)20-8-12-22(26)13-9-20/h6-13,23-24,27H,1,3-5,14-17H2,2H3. The Morgan fingerprint density at radius 1 is 1.04 bits per heavy atom. The lowest BCUT2D eigenvalue weighted by atomic mass is 9.87. The molecule has 0 spiro atoms. The maximum absolute atomic E-state index is 13.3. The zero-order valence-electron chi connectivity index (χ0n) is 16.6. The van der Waals surface area contributed by atoms with E-state index in [0.717, 1.165) is 56.6 Å². The number of benzene rings is 2. The maximum atomic E-state index is 13.3. The molecule has 1 atom stereocenters. The van der Waals surface area contributed by atoms with Gasteiger partial charge < -0.3 is 10.2 Å². The van der Waals surface area contributed by atoms with E-state index < -0.39 is 0 Å². The molecule has 0 amide bonds.